The van der Waals surface area contributed by atoms with Crippen LogP contribution in [0.5, 0.6) is 0 Å². The van der Waals surface area contributed by atoms with Crippen LogP contribution in [0.4, 0.5) is 5.69 Å². The van der Waals surface area contributed by atoms with E-state index in [0.717, 1.165) is 43.7 Å². The number of para-hydroxylation sites is 1. The molecule has 4 heteroatoms. The molecule has 2 heterocycles. The summed E-state index contributed by atoms with van der Waals surface area (Å²) in [6.45, 7) is 1.34. The fourth-order valence-corrected chi connectivity index (χ4v) is 3.85. The molecule has 1 amide bonds. The van der Waals surface area contributed by atoms with Crippen molar-refractivity contribution >= 4 is 11.6 Å². The van der Waals surface area contributed by atoms with Gasteiger partial charge in [0, 0.05) is 18.5 Å². The first-order valence-corrected chi connectivity index (χ1v) is 8.74. The van der Waals surface area contributed by atoms with Crippen LogP contribution < -0.4 is 4.90 Å². The molecule has 2 atom stereocenters. The molecule has 1 aliphatic heterocycles. The van der Waals surface area contributed by atoms with E-state index in [2.05, 4.69) is 11.1 Å². The molecule has 124 valence electrons. The molecule has 0 spiro atoms. The number of rotatable bonds is 3. The molecule has 24 heavy (non-hydrogen) atoms. The zero-order valence-corrected chi connectivity index (χ0v) is 13.7. The zero-order valence-electron chi connectivity index (χ0n) is 13.7. The van der Waals surface area contributed by atoms with E-state index in [-0.39, 0.29) is 17.9 Å². The number of carbonyl (C=O) groups excluding carboxylic acids is 1. The Kier molecular flexibility index (Phi) is 4.30. The third kappa shape index (κ3) is 2.82. The van der Waals surface area contributed by atoms with E-state index in [1.54, 1.807) is 6.20 Å². The molecule has 1 aliphatic carbocycles. The fourth-order valence-electron chi connectivity index (χ4n) is 3.85. The minimum absolute atomic E-state index is 0.119. The summed E-state index contributed by atoms with van der Waals surface area (Å²) < 4.78 is 5.56. The van der Waals surface area contributed by atoms with E-state index in [4.69, 9.17) is 4.74 Å². The predicted octanol–water partition coefficient (Wildman–Crippen LogP) is 3.32. The average Bonchev–Trinajstić information content (AvgIpc) is 3.16. The van der Waals surface area contributed by atoms with E-state index in [0.29, 0.717) is 6.61 Å². The number of pyridine rings is 1. The van der Waals surface area contributed by atoms with E-state index in [9.17, 15) is 4.79 Å². The highest BCUT2D eigenvalue weighted by Crippen LogP contribution is 2.34. The average molecular weight is 322 g/mol. The third-order valence-electron chi connectivity index (χ3n) is 5.04. The lowest BCUT2D eigenvalue weighted by molar-refractivity contribution is -0.121. The van der Waals surface area contributed by atoms with Gasteiger partial charge in [-0.15, -0.1) is 0 Å². The van der Waals surface area contributed by atoms with Crippen LogP contribution in [0.3, 0.4) is 0 Å². The molecule has 0 unspecified atom stereocenters. The molecule has 0 saturated carbocycles. The molecule has 1 saturated heterocycles. The lowest BCUT2D eigenvalue weighted by Gasteiger charge is -2.33. The van der Waals surface area contributed by atoms with Crippen LogP contribution in [0.15, 0.2) is 48.7 Å². The largest absolute Gasteiger partial charge is 0.379 e. The van der Waals surface area contributed by atoms with E-state index >= 15 is 0 Å². The quantitative estimate of drug-likeness (QED) is 0.870. The van der Waals surface area contributed by atoms with Crippen LogP contribution in [-0.4, -0.2) is 30.1 Å². The van der Waals surface area contributed by atoms with Gasteiger partial charge >= 0.3 is 0 Å². The van der Waals surface area contributed by atoms with Crippen molar-refractivity contribution in [3.63, 3.8) is 0 Å². The Balaban J connectivity index is 1.70. The topological polar surface area (TPSA) is 42.4 Å². The highest BCUT2D eigenvalue weighted by molar-refractivity contribution is 5.98. The van der Waals surface area contributed by atoms with Gasteiger partial charge in [0.1, 0.15) is 0 Å². The van der Waals surface area contributed by atoms with Gasteiger partial charge in [0.15, 0.2) is 0 Å². The summed E-state index contributed by atoms with van der Waals surface area (Å²) in [5, 5.41) is 0. The molecule has 4 nitrogen and oxygen atoms in total. The van der Waals surface area contributed by atoms with Gasteiger partial charge in [-0.1, -0.05) is 24.3 Å². The van der Waals surface area contributed by atoms with Gasteiger partial charge in [-0.2, -0.15) is 0 Å². The normalized spacial score (nSPS) is 22.8. The summed E-state index contributed by atoms with van der Waals surface area (Å²) in [7, 11) is 0. The molecule has 4 rings (SSSR count). The van der Waals surface area contributed by atoms with Gasteiger partial charge in [0.25, 0.3) is 0 Å². The third-order valence-corrected chi connectivity index (χ3v) is 5.04. The molecular formula is C20H22N2O2. The molecule has 1 aromatic heterocycles. The number of anilines is 1. The Morgan fingerprint density at radius 2 is 2.00 bits per heavy atom. The maximum atomic E-state index is 13.5. The monoisotopic (exact) mass is 322 g/mol. The molecule has 0 radical (unpaired) electrons. The lowest BCUT2D eigenvalue weighted by atomic mass is 9.85. The molecular weight excluding hydrogens is 300 g/mol. The van der Waals surface area contributed by atoms with Crippen molar-refractivity contribution in [3.8, 4) is 0 Å². The summed E-state index contributed by atoms with van der Waals surface area (Å²) in [5.74, 6) is 0.0205. The Bertz CT molecular complexity index is 711. The van der Waals surface area contributed by atoms with Crippen LogP contribution in [-0.2, 0) is 16.0 Å². The number of aryl methyl sites for hydroxylation is 1. The first kappa shape index (κ1) is 15.3. The summed E-state index contributed by atoms with van der Waals surface area (Å²) in [5.41, 5.74) is 3.15. The number of benzene rings is 1. The van der Waals surface area contributed by atoms with Gasteiger partial charge in [-0.3, -0.25) is 9.78 Å². The number of ether oxygens (including phenoxy) is 1. The number of hydrogen-bond acceptors (Lipinski definition) is 3. The Morgan fingerprint density at radius 1 is 1.12 bits per heavy atom. The Labute approximate surface area is 142 Å². The van der Waals surface area contributed by atoms with Gasteiger partial charge in [0.05, 0.1) is 24.3 Å². The van der Waals surface area contributed by atoms with Crippen molar-refractivity contribution in [3.05, 3.63) is 59.9 Å². The molecule has 1 aromatic carbocycles. The van der Waals surface area contributed by atoms with Crippen molar-refractivity contribution in [2.24, 2.45) is 0 Å². The highest BCUT2D eigenvalue weighted by Gasteiger charge is 2.36. The number of carbonyl (C=O) groups is 1. The molecule has 0 bridgehead atoms. The predicted molar refractivity (Wildman–Crippen MR) is 93.1 cm³/mol. The number of aromatic nitrogens is 1. The van der Waals surface area contributed by atoms with Crippen LogP contribution in [0.2, 0.25) is 0 Å². The second-order valence-corrected chi connectivity index (χ2v) is 6.55. The molecule has 1 fully saturated rings. The van der Waals surface area contributed by atoms with Crippen LogP contribution in [0.1, 0.15) is 36.4 Å². The lowest BCUT2D eigenvalue weighted by Crippen LogP contribution is -2.44. The van der Waals surface area contributed by atoms with Crippen LogP contribution in [0.25, 0.3) is 0 Å². The van der Waals surface area contributed by atoms with Gasteiger partial charge in [-0.25, -0.2) is 0 Å². The second-order valence-electron chi connectivity index (χ2n) is 6.55. The van der Waals surface area contributed by atoms with Crippen molar-refractivity contribution in [1.82, 2.24) is 4.98 Å². The number of fused-ring (bicyclic) bond motifs is 1. The SMILES string of the molecule is O=C([C@H]1CCCc2cccnc21)N(c1ccccc1)[C@H]1CCOC1. The fraction of sp³-hybridized carbons (Fsp3) is 0.400. The van der Waals surface area contributed by atoms with Crippen LogP contribution >= 0.6 is 0 Å². The van der Waals surface area contributed by atoms with E-state index < -0.39 is 0 Å². The highest BCUT2D eigenvalue weighted by atomic mass is 16.5. The summed E-state index contributed by atoms with van der Waals surface area (Å²) in [4.78, 5) is 20.0. The minimum Gasteiger partial charge on any atom is -0.379 e. The van der Waals surface area contributed by atoms with E-state index in [1.165, 1.54) is 5.56 Å². The van der Waals surface area contributed by atoms with Crippen LogP contribution in [0, 0.1) is 0 Å². The number of hydrogen-bond donors (Lipinski definition) is 0. The zero-order chi connectivity index (χ0) is 16.4. The Hall–Kier alpha value is -2.20. The first-order valence-electron chi connectivity index (χ1n) is 8.74. The van der Waals surface area contributed by atoms with Crippen molar-refractivity contribution in [2.45, 2.75) is 37.6 Å². The summed E-state index contributed by atoms with van der Waals surface area (Å²) >= 11 is 0. The Morgan fingerprint density at radius 3 is 2.79 bits per heavy atom. The number of nitrogens with zero attached hydrogens (tertiary/aromatic N) is 2. The molecule has 0 N–H and O–H groups in total. The van der Waals surface area contributed by atoms with Crippen molar-refractivity contribution in [2.75, 3.05) is 18.1 Å². The summed E-state index contributed by atoms with van der Waals surface area (Å²) in [6, 6.07) is 14.2. The molecule has 2 aromatic rings. The first-order chi connectivity index (χ1) is 11.8. The minimum atomic E-state index is -0.143. The maximum Gasteiger partial charge on any atom is 0.236 e. The standard InChI is InChI=1S/C20H22N2O2/c23-20(18-10-4-6-15-7-5-12-21-19(15)18)22(17-11-13-24-14-17)16-8-2-1-3-9-16/h1-3,5,7-9,12,17-18H,4,6,10-11,13-14H2/t17-,18-/m0/s1. The van der Waals surface area contributed by atoms with Gasteiger partial charge in [-0.05, 0) is 49.4 Å². The summed E-state index contributed by atoms with van der Waals surface area (Å²) in [6.07, 6.45) is 5.63. The van der Waals surface area contributed by atoms with Crippen molar-refractivity contribution < 1.29 is 9.53 Å². The second kappa shape index (κ2) is 6.73. The van der Waals surface area contributed by atoms with E-state index in [1.807, 2.05) is 41.3 Å². The maximum absolute atomic E-state index is 13.5. The van der Waals surface area contributed by atoms with Gasteiger partial charge in [0.2, 0.25) is 5.91 Å². The molecule has 2 aliphatic rings. The van der Waals surface area contributed by atoms with Gasteiger partial charge < -0.3 is 9.64 Å². The number of amides is 1. The van der Waals surface area contributed by atoms with Crippen molar-refractivity contribution in [1.29, 1.82) is 0 Å². The smallest absolute Gasteiger partial charge is 0.236 e.